The zero-order valence-electron chi connectivity index (χ0n) is 20.3. The van der Waals surface area contributed by atoms with Gasteiger partial charge >= 0.3 is 5.97 Å². The van der Waals surface area contributed by atoms with Crippen molar-refractivity contribution >= 4 is 34.5 Å². The van der Waals surface area contributed by atoms with Gasteiger partial charge in [0.05, 0.1) is 22.8 Å². The summed E-state index contributed by atoms with van der Waals surface area (Å²) in [5.74, 6) is -1.42. The quantitative estimate of drug-likeness (QED) is 0.361. The monoisotopic (exact) mass is 485 g/mol. The summed E-state index contributed by atoms with van der Waals surface area (Å²) in [5.41, 5.74) is 3.12. The molecule has 4 rings (SSSR count). The van der Waals surface area contributed by atoms with E-state index in [0.29, 0.717) is 34.5 Å². The molecule has 0 spiro atoms. The Labute approximate surface area is 208 Å². The largest absolute Gasteiger partial charge is 0.452 e. The van der Waals surface area contributed by atoms with E-state index in [1.165, 1.54) is 0 Å². The number of fused-ring (bicyclic) bond motifs is 1. The molecule has 184 valence electrons. The number of amides is 2. The van der Waals surface area contributed by atoms with Crippen LogP contribution in [0.15, 0.2) is 66.9 Å². The molecule has 4 aromatic rings. The van der Waals surface area contributed by atoms with Crippen molar-refractivity contribution in [1.82, 2.24) is 20.1 Å². The molecule has 0 saturated heterocycles. The fraction of sp³-hybridized carbons (Fsp3) is 0.222. The van der Waals surface area contributed by atoms with Gasteiger partial charge in [0, 0.05) is 29.4 Å². The number of nitrogens with one attached hydrogen (secondary N) is 2. The Hall–Kier alpha value is -4.53. The minimum atomic E-state index is -0.658. The topological polar surface area (TPSA) is 115 Å². The van der Waals surface area contributed by atoms with Crippen LogP contribution in [-0.4, -0.2) is 45.7 Å². The number of rotatable bonds is 8. The Bertz CT molecular complexity index is 1410. The normalized spacial score (nSPS) is 10.9. The van der Waals surface area contributed by atoms with Crippen LogP contribution < -0.4 is 10.6 Å². The van der Waals surface area contributed by atoms with Crippen molar-refractivity contribution in [2.45, 2.75) is 26.8 Å². The second-order valence-electron chi connectivity index (χ2n) is 8.41. The smallest absolute Gasteiger partial charge is 0.339 e. The molecular weight excluding hydrogens is 458 g/mol. The van der Waals surface area contributed by atoms with Gasteiger partial charge in [-0.3, -0.25) is 9.59 Å². The molecule has 9 nitrogen and oxygen atoms in total. The molecule has 0 bridgehead atoms. The molecule has 2 aromatic heterocycles. The van der Waals surface area contributed by atoms with E-state index in [1.807, 2.05) is 51.1 Å². The number of aromatic nitrogens is 3. The highest BCUT2D eigenvalue weighted by molar-refractivity contribution is 6.05. The van der Waals surface area contributed by atoms with Crippen LogP contribution in [0, 0.1) is 0 Å². The molecule has 36 heavy (non-hydrogen) atoms. The lowest BCUT2D eigenvalue weighted by Crippen LogP contribution is -2.23. The highest BCUT2D eigenvalue weighted by Gasteiger charge is 2.20. The zero-order valence-corrected chi connectivity index (χ0v) is 20.3. The zero-order chi connectivity index (χ0) is 25.7. The molecular formula is C27H27N5O4. The number of hydrogen-bond donors (Lipinski definition) is 2. The number of nitrogens with zero attached hydrogens (tertiary/aromatic N) is 3. The predicted octanol–water partition coefficient (Wildman–Crippen LogP) is 4.22. The number of ether oxygens (including phenoxy) is 1. The molecule has 0 atom stereocenters. The molecule has 9 heteroatoms. The van der Waals surface area contributed by atoms with Crippen LogP contribution in [0.4, 0.5) is 5.69 Å². The summed E-state index contributed by atoms with van der Waals surface area (Å²) in [6, 6.07) is 17.7. The number of benzene rings is 2. The van der Waals surface area contributed by atoms with E-state index in [1.54, 1.807) is 41.2 Å². The average molecular weight is 486 g/mol. The summed E-state index contributed by atoms with van der Waals surface area (Å²) in [7, 11) is 0. The van der Waals surface area contributed by atoms with Crippen molar-refractivity contribution in [2.75, 3.05) is 18.5 Å². The summed E-state index contributed by atoms with van der Waals surface area (Å²) >= 11 is 0. The molecule has 2 amide bonds. The van der Waals surface area contributed by atoms with Gasteiger partial charge in [-0.15, -0.1) is 0 Å². The third-order valence-corrected chi connectivity index (χ3v) is 5.43. The number of hydrogen-bond acceptors (Lipinski definition) is 6. The third kappa shape index (κ3) is 5.41. The first-order valence-corrected chi connectivity index (χ1v) is 11.7. The van der Waals surface area contributed by atoms with Crippen LogP contribution in [-0.2, 0) is 9.53 Å². The Morgan fingerprint density at radius 3 is 2.53 bits per heavy atom. The Balaban J connectivity index is 1.53. The first-order valence-electron chi connectivity index (χ1n) is 11.7. The van der Waals surface area contributed by atoms with Crippen molar-refractivity contribution in [1.29, 1.82) is 0 Å². The standard InChI is InChI=1S/C27H27N5O4/c1-4-28-26(34)19-11-8-12-20(13-19)30-24(33)16-36-27(35)21-14-23(18-9-6-5-7-10-18)31-25-22(21)15-29-32(25)17(2)3/h5-15,17H,4,16H2,1-3H3,(H,28,34)(H,30,33). The van der Waals surface area contributed by atoms with Crippen molar-refractivity contribution in [3.63, 3.8) is 0 Å². The van der Waals surface area contributed by atoms with Gasteiger partial charge < -0.3 is 15.4 Å². The molecule has 0 radical (unpaired) electrons. The first kappa shape index (κ1) is 24.6. The molecule has 2 N–H and O–H groups in total. The fourth-order valence-electron chi connectivity index (χ4n) is 3.73. The predicted molar refractivity (Wildman–Crippen MR) is 137 cm³/mol. The van der Waals surface area contributed by atoms with Crippen LogP contribution in [0.25, 0.3) is 22.3 Å². The summed E-state index contributed by atoms with van der Waals surface area (Å²) in [6.07, 6.45) is 1.58. The number of carbonyl (C=O) groups excluding carboxylic acids is 3. The van der Waals surface area contributed by atoms with E-state index in [9.17, 15) is 14.4 Å². The van der Waals surface area contributed by atoms with E-state index in [4.69, 9.17) is 9.72 Å². The molecule has 0 aliphatic heterocycles. The molecule has 0 fully saturated rings. The molecule has 0 aliphatic rings. The summed E-state index contributed by atoms with van der Waals surface area (Å²) < 4.78 is 7.09. The maximum absolute atomic E-state index is 13.1. The van der Waals surface area contributed by atoms with E-state index in [2.05, 4.69) is 15.7 Å². The minimum absolute atomic E-state index is 0.0332. The van der Waals surface area contributed by atoms with E-state index in [0.717, 1.165) is 5.56 Å². The fourth-order valence-corrected chi connectivity index (χ4v) is 3.73. The van der Waals surface area contributed by atoms with Crippen LogP contribution >= 0.6 is 0 Å². The van der Waals surface area contributed by atoms with Gasteiger partial charge in [-0.05, 0) is 45.0 Å². The van der Waals surface area contributed by atoms with Gasteiger partial charge in [-0.1, -0.05) is 36.4 Å². The second-order valence-corrected chi connectivity index (χ2v) is 8.41. The second kappa shape index (κ2) is 10.8. The van der Waals surface area contributed by atoms with E-state index in [-0.39, 0.29) is 17.5 Å². The number of pyridine rings is 1. The Morgan fingerprint density at radius 2 is 1.81 bits per heavy atom. The SMILES string of the molecule is CCNC(=O)c1cccc(NC(=O)COC(=O)c2cc(-c3ccccc3)nc3c2cnn3C(C)C)c1. The van der Waals surface area contributed by atoms with Crippen LogP contribution in [0.3, 0.4) is 0 Å². The van der Waals surface area contributed by atoms with Crippen LogP contribution in [0.2, 0.25) is 0 Å². The van der Waals surface area contributed by atoms with E-state index >= 15 is 0 Å². The molecule has 0 saturated carbocycles. The molecule has 2 heterocycles. The Kier molecular flexibility index (Phi) is 7.39. The molecule has 0 aliphatic carbocycles. The van der Waals surface area contributed by atoms with Crippen molar-refractivity contribution in [3.8, 4) is 11.3 Å². The van der Waals surface area contributed by atoms with Crippen LogP contribution in [0.1, 0.15) is 47.5 Å². The van der Waals surface area contributed by atoms with Gasteiger partial charge in [0.25, 0.3) is 11.8 Å². The van der Waals surface area contributed by atoms with Gasteiger partial charge in [-0.25, -0.2) is 14.5 Å². The van der Waals surface area contributed by atoms with E-state index < -0.39 is 18.5 Å². The van der Waals surface area contributed by atoms with Crippen LogP contribution in [0.5, 0.6) is 0 Å². The summed E-state index contributed by atoms with van der Waals surface area (Å²) in [6.45, 7) is 5.78. The van der Waals surface area contributed by atoms with Gasteiger partial charge in [0.15, 0.2) is 12.3 Å². The maximum atomic E-state index is 13.1. The minimum Gasteiger partial charge on any atom is -0.452 e. The number of carbonyl (C=O) groups is 3. The highest BCUT2D eigenvalue weighted by Crippen LogP contribution is 2.27. The lowest BCUT2D eigenvalue weighted by Gasteiger charge is -2.11. The van der Waals surface area contributed by atoms with Gasteiger partial charge in [0.1, 0.15) is 0 Å². The number of anilines is 1. The number of esters is 1. The average Bonchev–Trinajstić information content (AvgIpc) is 3.32. The first-order chi connectivity index (χ1) is 17.4. The highest BCUT2D eigenvalue weighted by atomic mass is 16.5. The molecule has 0 unspecified atom stereocenters. The van der Waals surface area contributed by atoms with Crippen molar-refractivity contribution in [3.05, 3.63) is 78.0 Å². The lowest BCUT2D eigenvalue weighted by atomic mass is 10.1. The van der Waals surface area contributed by atoms with Gasteiger partial charge in [-0.2, -0.15) is 5.10 Å². The van der Waals surface area contributed by atoms with Gasteiger partial charge in [0.2, 0.25) is 0 Å². The van der Waals surface area contributed by atoms with Crippen molar-refractivity contribution < 1.29 is 19.1 Å². The van der Waals surface area contributed by atoms with Crippen molar-refractivity contribution in [2.24, 2.45) is 0 Å². The lowest BCUT2D eigenvalue weighted by molar-refractivity contribution is -0.119. The third-order valence-electron chi connectivity index (χ3n) is 5.43. The molecule has 2 aromatic carbocycles. The Morgan fingerprint density at radius 1 is 1.03 bits per heavy atom. The summed E-state index contributed by atoms with van der Waals surface area (Å²) in [5, 5.41) is 10.3. The summed E-state index contributed by atoms with van der Waals surface area (Å²) in [4.78, 5) is 42.3. The maximum Gasteiger partial charge on any atom is 0.339 e.